The molecule has 0 aliphatic carbocycles. The molecule has 6 aromatic carbocycles. The SMILES string of the molecule is [2H]c1c([2H])c([2H])c(-c2ccnc(-c3cc(-c4cccc5c4nc(-c4cc(C(C([2H])([2H])[2H])(C([2H])([2H])[2H])C([2H])([2H])[2H])cc(C(C([2H])([2H])[2H])(C([2H])([2H])[2H])C([2H])([2H])[2H])c4O)n5-c4ccc(C([2H])([2H])[2H])cc4-c4ccccc4)cc(C(C)(C)C)c3)c2)c([2H])c1[2H]. The summed E-state index contributed by atoms with van der Waals surface area (Å²) < 4.78 is 226. The normalized spacial score (nSPS) is 20.3. The van der Waals surface area contributed by atoms with Crippen molar-refractivity contribution in [2.45, 2.75) is 85.0 Å². The third kappa shape index (κ3) is 7.72. The number of phenolic OH excluding ortho intramolecular Hbond substituents is 1. The van der Waals surface area contributed by atoms with Crippen LogP contribution in [0.1, 0.15) is 120 Å². The molecule has 0 atom stereocenters. The molecule has 0 aliphatic heterocycles. The van der Waals surface area contributed by atoms with E-state index in [0.29, 0.717) is 28.3 Å². The van der Waals surface area contributed by atoms with Crippen LogP contribution in [0.15, 0.2) is 146 Å². The van der Waals surface area contributed by atoms with Crippen molar-refractivity contribution in [2.24, 2.45) is 0 Å². The summed E-state index contributed by atoms with van der Waals surface area (Å²) in [7, 11) is 0. The van der Waals surface area contributed by atoms with E-state index < -0.39 is 123 Å². The van der Waals surface area contributed by atoms with Crippen LogP contribution in [0.4, 0.5) is 0 Å². The van der Waals surface area contributed by atoms with Gasteiger partial charge in [-0.25, -0.2) is 4.98 Å². The summed E-state index contributed by atoms with van der Waals surface area (Å²) in [6.45, 7) is -22.1. The number of aromatic hydroxyl groups is 1. The van der Waals surface area contributed by atoms with Gasteiger partial charge in [0.2, 0.25) is 0 Å². The van der Waals surface area contributed by atoms with Crippen LogP contribution in [-0.2, 0) is 16.2 Å². The topological polar surface area (TPSA) is 50.9 Å². The number of aromatic nitrogens is 3. The molecule has 296 valence electrons. The summed E-state index contributed by atoms with van der Waals surface area (Å²) in [4.78, 5) is 9.68. The lowest BCUT2D eigenvalue weighted by atomic mass is 9.79. The van der Waals surface area contributed by atoms with Gasteiger partial charge in [0.15, 0.2) is 0 Å². The fourth-order valence-corrected chi connectivity index (χ4v) is 7.15. The summed E-state index contributed by atoms with van der Waals surface area (Å²) >= 11 is 0. The highest BCUT2D eigenvalue weighted by molar-refractivity contribution is 5.98. The van der Waals surface area contributed by atoms with Gasteiger partial charge in [0.1, 0.15) is 11.6 Å². The summed E-state index contributed by atoms with van der Waals surface area (Å²) in [5.74, 6) is -2.11. The first-order valence-electron chi connectivity index (χ1n) is 31.6. The maximum Gasteiger partial charge on any atom is 0.149 e. The second-order valence-electron chi connectivity index (χ2n) is 15.4. The minimum absolute atomic E-state index is 0.0143. The number of aryl methyl sites for hydroxylation is 1. The van der Waals surface area contributed by atoms with Crippen molar-refractivity contribution >= 4 is 11.0 Å². The Morgan fingerprint density at radius 1 is 0.593 bits per heavy atom. The molecule has 0 unspecified atom stereocenters. The van der Waals surface area contributed by atoms with Gasteiger partial charge in [-0.1, -0.05) is 158 Å². The monoisotopic (exact) mass is 800 g/mol. The fraction of sp³-hybridized carbons (Fsp3) is 0.236. The van der Waals surface area contributed by atoms with Crippen molar-refractivity contribution < 1.29 is 40.7 Å². The van der Waals surface area contributed by atoms with E-state index >= 15 is 0 Å². The minimum Gasteiger partial charge on any atom is -0.507 e. The van der Waals surface area contributed by atoms with E-state index in [1.165, 1.54) is 41.1 Å². The van der Waals surface area contributed by atoms with Gasteiger partial charge < -0.3 is 5.11 Å². The number of pyridine rings is 1. The number of hydrogen-bond donors (Lipinski definition) is 1. The number of imidazole rings is 1. The number of rotatable bonds is 6. The van der Waals surface area contributed by atoms with Crippen molar-refractivity contribution in [3.63, 3.8) is 0 Å². The van der Waals surface area contributed by atoms with Crippen LogP contribution in [0, 0.1) is 6.85 Å². The largest absolute Gasteiger partial charge is 0.507 e. The van der Waals surface area contributed by atoms with E-state index in [1.54, 1.807) is 54.6 Å². The van der Waals surface area contributed by atoms with E-state index in [9.17, 15) is 5.11 Å². The van der Waals surface area contributed by atoms with E-state index in [1.807, 2.05) is 32.9 Å². The average Bonchev–Trinajstić information content (AvgIpc) is 1.09. The van der Waals surface area contributed by atoms with Crippen molar-refractivity contribution in [1.82, 2.24) is 14.5 Å². The van der Waals surface area contributed by atoms with Gasteiger partial charge in [0.05, 0.1) is 34.8 Å². The Labute approximate surface area is 386 Å². The molecular formula is C55H55N3O. The second kappa shape index (κ2) is 14.8. The first-order valence-corrected chi connectivity index (χ1v) is 18.6. The average molecular weight is 800 g/mol. The van der Waals surface area contributed by atoms with Crippen LogP contribution in [0.3, 0.4) is 0 Å². The molecule has 2 heterocycles. The second-order valence-corrected chi connectivity index (χ2v) is 15.4. The standard InChI is InChI=1S/C55H55N3O/c1-35-24-25-48(44(28-35)37-20-15-12-16-21-37)58-49-23-17-22-43(50(49)57-52(58)45-33-42(54(5,6)7)34-46(51(45)59)55(8,9)10)39-29-40(31-41(30-39)53(2,3)4)47-32-38(26-27-56-47)36-18-13-11-14-19-36/h11-34,59H,1-10H3/i1D3,5D3,6D3,7D3,8D3,9D3,10D3,11D,13D,14D,18D,19D. The number of para-hydroxylation sites is 1. The maximum atomic E-state index is 13.0. The summed E-state index contributed by atoms with van der Waals surface area (Å²) in [6.07, 6.45) is 1.40. The highest BCUT2D eigenvalue weighted by atomic mass is 16.3. The lowest BCUT2D eigenvalue weighted by molar-refractivity contribution is 0.446. The Kier molecular flexibility index (Phi) is 4.83. The zero-order valence-corrected chi connectivity index (χ0v) is 32.3. The molecular weight excluding hydrogens is 719 g/mol. The first-order chi connectivity index (χ1) is 38.8. The Morgan fingerprint density at radius 2 is 1.34 bits per heavy atom. The van der Waals surface area contributed by atoms with E-state index in [0.717, 1.165) is 0 Å². The van der Waals surface area contributed by atoms with Crippen molar-refractivity contribution in [3.8, 4) is 67.5 Å². The number of hydrogen-bond acceptors (Lipinski definition) is 3. The smallest absolute Gasteiger partial charge is 0.149 e. The molecule has 8 aromatic rings. The van der Waals surface area contributed by atoms with Gasteiger partial charge in [-0.3, -0.25) is 9.55 Å². The minimum atomic E-state index is -4.25. The molecule has 2 aromatic heterocycles. The molecule has 1 N–H and O–H groups in total. The zero-order valence-electron chi connectivity index (χ0n) is 58.3. The summed E-state index contributed by atoms with van der Waals surface area (Å²) in [5.41, 5.74) is -10.4. The van der Waals surface area contributed by atoms with Gasteiger partial charge in [0.25, 0.3) is 0 Å². The van der Waals surface area contributed by atoms with E-state index in [4.69, 9.17) is 40.6 Å². The van der Waals surface area contributed by atoms with Crippen molar-refractivity contribution in [2.75, 3.05) is 0 Å². The quantitative estimate of drug-likeness (QED) is 0.182. The molecule has 0 radical (unpaired) electrons. The first kappa shape index (κ1) is 19.2. The number of nitrogens with zero attached hydrogens (tertiary/aromatic N) is 3. The summed E-state index contributed by atoms with van der Waals surface area (Å²) in [6, 6.07) is 23.4. The van der Waals surface area contributed by atoms with Gasteiger partial charge in [-0.05, 0) is 105 Å². The maximum absolute atomic E-state index is 13.0. The third-order valence-corrected chi connectivity index (χ3v) is 10.1. The van der Waals surface area contributed by atoms with Gasteiger partial charge in [-0.2, -0.15) is 0 Å². The highest BCUT2D eigenvalue weighted by Gasteiger charge is 2.29. The Balaban J connectivity index is 1.62. The zero-order chi connectivity index (χ0) is 63.7. The van der Waals surface area contributed by atoms with E-state index in [2.05, 4.69) is 4.98 Å². The highest BCUT2D eigenvalue weighted by Crippen LogP contribution is 2.46. The predicted molar refractivity (Wildman–Crippen MR) is 249 cm³/mol. The fourth-order valence-electron chi connectivity index (χ4n) is 7.15. The molecule has 8 rings (SSSR count). The van der Waals surface area contributed by atoms with Crippen LogP contribution in [-0.4, -0.2) is 19.6 Å². The van der Waals surface area contributed by atoms with Gasteiger partial charge in [0, 0.05) is 57.2 Å². The molecule has 4 nitrogen and oxygen atoms in total. The summed E-state index contributed by atoms with van der Waals surface area (Å²) in [5, 5.41) is 13.0. The van der Waals surface area contributed by atoms with E-state index in [-0.39, 0.29) is 56.3 Å². The van der Waals surface area contributed by atoms with Gasteiger partial charge in [-0.15, -0.1) is 0 Å². The molecule has 4 heteroatoms. The van der Waals surface area contributed by atoms with Gasteiger partial charge >= 0.3 is 0 Å². The van der Waals surface area contributed by atoms with Crippen LogP contribution >= 0.6 is 0 Å². The van der Waals surface area contributed by atoms with Crippen molar-refractivity contribution in [1.29, 1.82) is 0 Å². The molecule has 0 aliphatic rings. The lowest BCUT2D eigenvalue weighted by Gasteiger charge is -2.27. The number of benzene rings is 6. The number of fused-ring (bicyclic) bond motifs is 1. The lowest BCUT2D eigenvalue weighted by Crippen LogP contribution is -2.17. The Bertz CT molecular complexity index is 3810. The van der Waals surface area contributed by atoms with Crippen LogP contribution in [0.5, 0.6) is 5.75 Å². The van der Waals surface area contributed by atoms with Crippen LogP contribution in [0.2, 0.25) is 0 Å². The third-order valence-electron chi connectivity index (χ3n) is 10.1. The Morgan fingerprint density at radius 3 is 2.07 bits per heavy atom. The van der Waals surface area contributed by atoms with Crippen LogP contribution in [0.25, 0.3) is 72.7 Å². The molecule has 0 saturated heterocycles. The number of phenols is 1. The van der Waals surface area contributed by atoms with Crippen molar-refractivity contribution in [3.05, 3.63) is 168 Å². The Hall–Kier alpha value is -6.26. The molecule has 0 amide bonds. The molecule has 0 spiro atoms. The molecule has 0 saturated carbocycles. The van der Waals surface area contributed by atoms with Crippen LogP contribution < -0.4 is 0 Å². The molecule has 59 heavy (non-hydrogen) atoms. The molecule has 0 fully saturated rings. The predicted octanol–water partition coefficient (Wildman–Crippen LogP) is 14.7. The molecule has 0 bridgehead atoms.